The Morgan fingerprint density at radius 1 is 1.69 bits per heavy atom. The van der Waals surface area contributed by atoms with Crippen LogP contribution in [-0.4, -0.2) is 42.2 Å². The lowest BCUT2D eigenvalue weighted by molar-refractivity contribution is -0.121. The zero-order valence-electron chi connectivity index (χ0n) is 7.70. The van der Waals surface area contributed by atoms with Crippen molar-refractivity contribution in [2.24, 2.45) is 11.8 Å². The smallest absolute Gasteiger partial charge is 0.235 e. The van der Waals surface area contributed by atoms with Gasteiger partial charge in [-0.1, -0.05) is 0 Å². The normalized spacial score (nSPS) is 23.4. The molecular weight excluding hydrogens is 170 g/mol. The number of aliphatic hydroxyl groups is 1. The first-order valence-corrected chi connectivity index (χ1v) is 4.59. The first-order valence-electron chi connectivity index (χ1n) is 4.59. The summed E-state index contributed by atoms with van der Waals surface area (Å²) in [5.41, 5.74) is 2.10. The summed E-state index contributed by atoms with van der Waals surface area (Å²) in [6, 6.07) is 0. The van der Waals surface area contributed by atoms with Crippen LogP contribution in [0.2, 0.25) is 0 Å². The van der Waals surface area contributed by atoms with E-state index in [-0.39, 0.29) is 12.5 Å². The van der Waals surface area contributed by atoms with Gasteiger partial charge in [0, 0.05) is 26.1 Å². The fourth-order valence-electron chi connectivity index (χ4n) is 1.60. The Balaban J connectivity index is 2.13. The van der Waals surface area contributed by atoms with Crippen LogP contribution in [-0.2, 0) is 4.79 Å². The van der Waals surface area contributed by atoms with Gasteiger partial charge in [0.1, 0.15) is 0 Å². The first kappa shape index (κ1) is 10.4. The van der Waals surface area contributed by atoms with Crippen LogP contribution in [0, 0.1) is 5.92 Å². The number of nitrogens with one attached hydrogen (secondary N) is 1. The third-order valence-corrected chi connectivity index (χ3v) is 2.44. The van der Waals surface area contributed by atoms with Crippen LogP contribution in [0.5, 0.6) is 0 Å². The summed E-state index contributed by atoms with van der Waals surface area (Å²) >= 11 is 0. The van der Waals surface area contributed by atoms with Crippen LogP contribution in [0.25, 0.3) is 0 Å². The monoisotopic (exact) mass is 187 g/mol. The molecular formula is C8H17N3O2. The standard InChI is InChI=1S/C8H17N3O2/c9-10-8(13)2-4-11-3-1-7(5-11)6-12/h7,12H,1-6,9H2,(H,10,13). The highest BCUT2D eigenvalue weighted by molar-refractivity contribution is 5.75. The Kier molecular flexibility index (Phi) is 4.14. The summed E-state index contributed by atoms with van der Waals surface area (Å²) in [6.07, 6.45) is 1.47. The van der Waals surface area contributed by atoms with Gasteiger partial charge < -0.3 is 10.0 Å². The SMILES string of the molecule is NNC(=O)CCN1CCC(CO)C1. The van der Waals surface area contributed by atoms with E-state index in [1.165, 1.54) is 0 Å². The molecule has 1 rings (SSSR count). The Labute approximate surface area is 77.9 Å². The minimum Gasteiger partial charge on any atom is -0.396 e. The number of aliphatic hydroxyl groups excluding tert-OH is 1. The van der Waals surface area contributed by atoms with E-state index in [9.17, 15) is 4.79 Å². The Morgan fingerprint density at radius 2 is 2.46 bits per heavy atom. The average molecular weight is 187 g/mol. The van der Waals surface area contributed by atoms with Crippen molar-refractivity contribution < 1.29 is 9.90 Å². The molecule has 76 valence electrons. The summed E-state index contributed by atoms with van der Waals surface area (Å²) in [5.74, 6) is 5.21. The Hall–Kier alpha value is -0.650. The molecule has 1 heterocycles. The molecule has 1 amide bonds. The van der Waals surface area contributed by atoms with Gasteiger partial charge in [-0.2, -0.15) is 0 Å². The molecule has 5 heteroatoms. The van der Waals surface area contributed by atoms with Crippen LogP contribution in [0.1, 0.15) is 12.8 Å². The van der Waals surface area contributed by atoms with Crippen molar-refractivity contribution in [1.29, 1.82) is 0 Å². The summed E-state index contributed by atoms with van der Waals surface area (Å²) in [6.45, 7) is 2.86. The van der Waals surface area contributed by atoms with E-state index < -0.39 is 0 Å². The molecule has 0 aromatic rings. The molecule has 5 nitrogen and oxygen atoms in total. The van der Waals surface area contributed by atoms with E-state index in [2.05, 4.69) is 10.3 Å². The molecule has 1 atom stereocenters. The number of likely N-dealkylation sites (tertiary alicyclic amines) is 1. The molecule has 0 aromatic carbocycles. The number of nitrogens with zero attached hydrogens (tertiary/aromatic N) is 1. The third-order valence-electron chi connectivity index (χ3n) is 2.44. The minimum absolute atomic E-state index is 0.132. The molecule has 4 N–H and O–H groups in total. The van der Waals surface area contributed by atoms with Gasteiger partial charge in [0.05, 0.1) is 0 Å². The summed E-state index contributed by atoms with van der Waals surface area (Å²) in [4.78, 5) is 13.0. The van der Waals surface area contributed by atoms with E-state index in [4.69, 9.17) is 10.9 Å². The van der Waals surface area contributed by atoms with Gasteiger partial charge in [-0.3, -0.25) is 10.2 Å². The Bertz CT molecular complexity index is 175. The minimum atomic E-state index is -0.132. The summed E-state index contributed by atoms with van der Waals surface area (Å²) in [7, 11) is 0. The van der Waals surface area contributed by atoms with Gasteiger partial charge in [0.15, 0.2) is 0 Å². The predicted octanol–water partition coefficient (Wildman–Crippen LogP) is -1.32. The molecule has 1 aliphatic heterocycles. The zero-order valence-corrected chi connectivity index (χ0v) is 7.70. The average Bonchev–Trinajstić information content (AvgIpc) is 2.61. The molecule has 1 unspecified atom stereocenters. The fraction of sp³-hybridized carbons (Fsp3) is 0.875. The van der Waals surface area contributed by atoms with Crippen molar-refractivity contribution >= 4 is 5.91 Å². The number of carbonyl (C=O) groups is 1. The molecule has 0 spiro atoms. The molecule has 0 aromatic heterocycles. The van der Waals surface area contributed by atoms with E-state index in [1.54, 1.807) is 0 Å². The Morgan fingerprint density at radius 3 is 3.00 bits per heavy atom. The van der Waals surface area contributed by atoms with Gasteiger partial charge in [-0.05, 0) is 18.9 Å². The molecule has 0 saturated carbocycles. The molecule has 13 heavy (non-hydrogen) atoms. The highest BCUT2D eigenvalue weighted by Gasteiger charge is 2.21. The van der Waals surface area contributed by atoms with Crippen LogP contribution in [0.4, 0.5) is 0 Å². The van der Waals surface area contributed by atoms with Crippen molar-refractivity contribution in [3.8, 4) is 0 Å². The number of amides is 1. The van der Waals surface area contributed by atoms with Gasteiger partial charge in [-0.25, -0.2) is 5.84 Å². The van der Waals surface area contributed by atoms with Crippen LogP contribution in [0.15, 0.2) is 0 Å². The number of nitrogens with two attached hydrogens (primary N) is 1. The van der Waals surface area contributed by atoms with Crippen LogP contribution in [0.3, 0.4) is 0 Å². The van der Waals surface area contributed by atoms with E-state index in [0.29, 0.717) is 12.3 Å². The summed E-state index contributed by atoms with van der Waals surface area (Å²) < 4.78 is 0. The number of hydrogen-bond acceptors (Lipinski definition) is 4. The second-order valence-corrected chi connectivity index (χ2v) is 3.46. The highest BCUT2D eigenvalue weighted by Crippen LogP contribution is 2.14. The molecule has 1 aliphatic rings. The second-order valence-electron chi connectivity index (χ2n) is 3.46. The lowest BCUT2D eigenvalue weighted by atomic mass is 10.1. The van der Waals surface area contributed by atoms with Gasteiger partial charge in [0.25, 0.3) is 0 Å². The number of carbonyl (C=O) groups excluding carboxylic acids is 1. The van der Waals surface area contributed by atoms with Crippen LogP contribution < -0.4 is 11.3 Å². The zero-order chi connectivity index (χ0) is 9.68. The molecule has 1 fully saturated rings. The maximum Gasteiger partial charge on any atom is 0.235 e. The number of rotatable bonds is 4. The molecule has 1 saturated heterocycles. The lowest BCUT2D eigenvalue weighted by Gasteiger charge is -2.14. The van der Waals surface area contributed by atoms with Crippen molar-refractivity contribution in [2.75, 3.05) is 26.2 Å². The predicted molar refractivity (Wildman–Crippen MR) is 48.6 cm³/mol. The van der Waals surface area contributed by atoms with Gasteiger partial charge in [0.2, 0.25) is 5.91 Å². The van der Waals surface area contributed by atoms with Crippen molar-refractivity contribution in [2.45, 2.75) is 12.8 Å². The largest absolute Gasteiger partial charge is 0.396 e. The maximum absolute atomic E-state index is 10.8. The summed E-state index contributed by atoms with van der Waals surface area (Å²) in [5, 5.41) is 8.88. The molecule has 0 bridgehead atoms. The lowest BCUT2D eigenvalue weighted by Crippen LogP contribution is -2.33. The van der Waals surface area contributed by atoms with Gasteiger partial charge in [-0.15, -0.1) is 0 Å². The van der Waals surface area contributed by atoms with Gasteiger partial charge >= 0.3 is 0 Å². The first-order chi connectivity index (χ1) is 6.26. The highest BCUT2D eigenvalue weighted by atomic mass is 16.3. The maximum atomic E-state index is 10.8. The molecule has 0 radical (unpaired) electrons. The third kappa shape index (κ3) is 3.30. The van der Waals surface area contributed by atoms with Crippen molar-refractivity contribution in [1.82, 2.24) is 10.3 Å². The van der Waals surface area contributed by atoms with E-state index >= 15 is 0 Å². The number of hydrazine groups is 1. The van der Waals surface area contributed by atoms with Crippen LogP contribution >= 0.6 is 0 Å². The van der Waals surface area contributed by atoms with E-state index in [1.807, 2.05) is 0 Å². The molecule has 0 aliphatic carbocycles. The fourth-order valence-corrected chi connectivity index (χ4v) is 1.60. The van der Waals surface area contributed by atoms with E-state index in [0.717, 1.165) is 26.1 Å². The topological polar surface area (TPSA) is 78.6 Å². The number of hydrogen-bond donors (Lipinski definition) is 3. The second kappa shape index (κ2) is 5.16. The van der Waals surface area contributed by atoms with Crippen molar-refractivity contribution in [3.05, 3.63) is 0 Å². The quantitative estimate of drug-likeness (QED) is 0.290. The van der Waals surface area contributed by atoms with Crippen molar-refractivity contribution in [3.63, 3.8) is 0 Å².